The molecular formula is C13H16O3. The van der Waals surface area contributed by atoms with Crippen LogP contribution >= 0.6 is 0 Å². The zero-order chi connectivity index (χ0) is 11.9. The lowest BCUT2D eigenvalue weighted by molar-refractivity contribution is -0.134. The molecule has 0 bridgehead atoms. The fourth-order valence-corrected chi connectivity index (χ4v) is 2.78. The number of rotatable bonds is 1. The van der Waals surface area contributed by atoms with Crippen LogP contribution in [0, 0.1) is 17.8 Å². The summed E-state index contributed by atoms with van der Waals surface area (Å²) in [6.45, 7) is 3.89. The van der Waals surface area contributed by atoms with Gasteiger partial charge in [0.2, 0.25) is 0 Å². The fourth-order valence-electron chi connectivity index (χ4n) is 2.78. The Morgan fingerprint density at radius 2 is 1.75 bits per heavy atom. The molecule has 0 spiro atoms. The Kier molecular flexibility index (Phi) is 2.80. The van der Waals surface area contributed by atoms with Crippen molar-refractivity contribution >= 4 is 11.6 Å². The molecule has 3 heteroatoms. The summed E-state index contributed by atoms with van der Waals surface area (Å²) in [4.78, 5) is 23.5. The number of aliphatic hydroxyl groups is 1. The molecule has 3 nitrogen and oxygen atoms in total. The van der Waals surface area contributed by atoms with Crippen LogP contribution in [-0.4, -0.2) is 22.8 Å². The summed E-state index contributed by atoms with van der Waals surface area (Å²) in [6.07, 6.45) is 4.53. The molecule has 0 aromatic rings. The van der Waals surface area contributed by atoms with E-state index < -0.39 is 12.0 Å². The highest BCUT2D eigenvalue weighted by Crippen LogP contribution is 2.38. The van der Waals surface area contributed by atoms with E-state index in [1.807, 2.05) is 19.9 Å². The molecule has 4 atom stereocenters. The Hall–Kier alpha value is -1.22. The summed E-state index contributed by atoms with van der Waals surface area (Å²) in [5.41, 5.74) is 0.880. The van der Waals surface area contributed by atoms with Gasteiger partial charge in [-0.2, -0.15) is 0 Å². The van der Waals surface area contributed by atoms with Crippen LogP contribution in [0.4, 0.5) is 0 Å². The van der Waals surface area contributed by atoms with Crippen LogP contribution in [-0.2, 0) is 9.59 Å². The van der Waals surface area contributed by atoms with Crippen molar-refractivity contribution in [3.05, 3.63) is 23.8 Å². The van der Waals surface area contributed by atoms with Gasteiger partial charge < -0.3 is 5.11 Å². The lowest BCUT2D eigenvalue weighted by Gasteiger charge is -2.38. The number of allylic oxidation sites excluding steroid dienone is 3. The molecule has 0 aromatic carbocycles. The predicted octanol–water partition coefficient (Wildman–Crippen LogP) is 1.27. The zero-order valence-electron chi connectivity index (χ0n) is 9.51. The number of carbonyl (C=O) groups excluding carboxylic acids is 2. The van der Waals surface area contributed by atoms with Gasteiger partial charge in [0.05, 0.1) is 12.0 Å². The molecule has 0 saturated carbocycles. The molecule has 2 rings (SSSR count). The van der Waals surface area contributed by atoms with Gasteiger partial charge >= 0.3 is 0 Å². The van der Waals surface area contributed by atoms with Crippen LogP contribution in [0.1, 0.15) is 20.3 Å². The Bertz CT molecular complexity index is 392. The van der Waals surface area contributed by atoms with E-state index in [4.69, 9.17) is 0 Å². The summed E-state index contributed by atoms with van der Waals surface area (Å²) < 4.78 is 0. The first-order valence-electron chi connectivity index (χ1n) is 5.70. The SMILES string of the molecule is CCC1=CC(C)C2C(=O)C=CC(=O)C2C1O. The number of aliphatic hydroxyl groups excluding tert-OH is 1. The van der Waals surface area contributed by atoms with Crippen molar-refractivity contribution in [2.24, 2.45) is 17.8 Å². The average Bonchev–Trinajstić information content (AvgIpc) is 2.26. The molecule has 0 aliphatic heterocycles. The molecule has 16 heavy (non-hydrogen) atoms. The van der Waals surface area contributed by atoms with Gasteiger partial charge in [-0.05, 0) is 30.1 Å². The molecule has 4 unspecified atom stereocenters. The highest BCUT2D eigenvalue weighted by Gasteiger charge is 2.45. The maximum Gasteiger partial charge on any atom is 0.162 e. The third-order valence-corrected chi connectivity index (χ3v) is 3.63. The normalized spacial score (nSPS) is 38.3. The van der Waals surface area contributed by atoms with Gasteiger partial charge in [-0.3, -0.25) is 9.59 Å². The first kappa shape index (κ1) is 11.3. The van der Waals surface area contributed by atoms with E-state index >= 15 is 0 Å². The van der Waals surface area contributed by atoms with Crippen molar-refractivity contribution in [1.29, 1.82) is 0 Å². The highest BCUT2D eigenvalue weighted by molar-refractivity contribution is 6.08. The second kappa shape index (κ2) is 3.98. The van der Waals surface area contributed by atoms with Crippen LogP contribution < -0.4 is 0 Å². The number of carbonyl (C=O) groups is 2. The van der Waals surface area contributed by atoms with Gasteiger partial charge in [-0.1, -0.05) is 19.9 Å². The van der Waals surface area contributed by atoms with E-state index in [1.165, 1.54) is 12.2 Å². The van der Waals surface area contributed by atoms with Crippen LogP contribution in [0.15, 0.2) is 23.8 Å². The van der Waals surface area contributed by atoms with Crippen LogP contribution in [0.3, 0.4) is 0 Å². The minimum atomic E-state index is -0.785. The predicted molar refractivity (Wildman–Crippen MR) is 59.7 cm³/mol. The largest absolute Gasteiger partial charge is 0.388 e. The van der Waals surface area contributed by atoms with Crippen LogP contribution in [0.5, 0.6) is 0 Å². The van der Waals surface area contributed by atoms with E-state index in [9.17, 15) is 14.7 Å². The van der Waals surface area contributed by atoms with Gasteiger partial charge in [0.1, 0.15) is 0 Å². The standard InChI is InChI=1S/C13H16O3/c1-3-8-6-7(2)11-9(14)4-5-10(15)12(11)13(8)16/h4-7,11-13,16H,3H2,1-2H3. The Morgan fingerprint density at radius 3 is 2.31 bits per heavy atom. The van der Waals surface area contributed by atoms with E-state index in [1.54, 1.807) is 0 Å². The molecule has 0 radical (unpaired) electrons. The van der Waals surface area contributed by atoms with Crippen molar-refractivity contribution in [2.45, 2.75) is 26.4 Å². The van der Waals surface area contributed by atoms with Gasteiger partial charge in [0.15, 0.2) is 11.6 Å². The molecule has 2 aliphatic carbocycles. The summed E-state index contributed by atoms with van der Waals surface area (Å²) in [5, 5.41) is 10.1. The summed E-state index contributed by atoms with van der Waals surface area (Å²) >= 11 is 0. The molecule has 2 aliphatic rings. The molecule has 86 valence electrons. The number of ketones is 2. The first-order valence-corrected chi connectivity index (χ1v) is 5.70. The number of hydrogen-bond acceptors (Lipinski definition) is 3. The van der Waals surface area contributed by atoms with Gasteiger partial charge in [0, 0.05) is 5.92 Å². The zero-order valence-corrected chi connectivity index (χ0v) is 9.51. The van der Waals surface area contributed by atoms with E-state index in [-0.39, 0.29) is 23.4 Å². The first-order chi connectivity index (χ1) is 7.56. The Balaban J connectivity index is 2.44. The van der Waals surface area contributed by atoms with Crippen molar-refractivity contribution in [3.8, 4) is 0 Å². The minimum Gasteiger partial charge on any atom is -0.388 e. The van der Waals surface area contributed by atoms with Crippen molar-refractivity contribution in [1.82, 2.24) is 0 Å². The smallest absolute Gasteiger partial charge is 0.162 e. The maximum absolute atomic E-state index is 11.8. The van der Waals surface area contributed by atoms with Crippen molar-refractivity contribution < 1.29 is 14.7 Å². The maximum atomic E-state index is 11.8. The average molecular weight is 220 g/mol. The second-order valence-corrected chi connectivity index (χ2v) is 4.59. The quantitative estimate of drug-likeness (QED) is 0.677. The van der Waals surface area contributed by atoms with Gasteiger partial charge in [-0.15, -0.1) is 0 Å². The second-order valence-electron chi connectivity index (χ2n) is 4.59. The van der Waals surface area contributed by atoms with Crippen molar-refractivity contribution in [3.63, 3.8) is 0 Å². The molecule has 0 aromatic heterocycles. The summed E-state index contributed by atoms with van der Waals surface area (Å²) in [6, 6.07) is 0. The Morgan fingerprint density at radius 1 is 1.19 bits per heavy atom. The molecule has 0 amide bonds. The van der Waals surface area contributed by atoms with Crippen molar-refractivity contribution in [2.75, 3.05) is 0 Å². The fraction of sp³-hybridized carbons (Fsp3) is 0.538. The van der Waals surface area contributed by atoms with E-state index in [0.29, 0.717) is 0 Å². The highest BCUT2D eigenvalue weighted by atomic mass is 16.3. The third kappa shape index (κ3) is 1.55. The van der Waals surface area contributed by atoms with Crippen LogP contribution in [0.2, 0.25) is 0 Å². The van der Waals surface area contributed by atoms with Crippen LogP contribution in [0.25, 0.3) is 0 Å². The molecular weight excluding hydrogens is 204 g/mol. The number of fused-ring (bicyclic) bond motifs is 1. The lowest BCUT2D eigenvalue weighted by atomic mass is 9.66. The van der Waals surface area contributed by atoms with Gasteiger partial charge in [-0.25, -0.2) is 0 Å². The monoisotopic (exact) mass is 220 g/mol. The minimum absolute atomic E-state index is 0.0322. The summed E-state index contributed by atoms with van der Waals surface area (Å²) in [5.74, 6) is -1.06. The third-order valence-electron chi connectivity index (χ3n) is 3.63. The molecule has 1 N–H and O–H groups in total. The number of hydrogen-bond donors (Lipinski definition) is 1. The lowest BCUT2D eigenvalue weighted by Crippen LogP contribution is -2.46. The molecule has 0 saturated heterocycles. The Labute approximate surface area is 94.8 Å². The molecule has 0 heterocycles. The van der Waals surface area contributed by atoms with Gasteiger partial charge in [0.25, 0.3) is 0 Å². The molecule has 0 fully saturated rings. The summed E-state index contributed by atoms with van der Waals surface area (Å²) in [7, 11) is 0. The van der Waals surface area contributed by atoms with E-state index in [0.717, 1.165) is 12.0 Å². The van der Waals surface area contributed by atoms with E-state index in [2.05, 4.69) is 0 Å². The topological polar surface area (TPSA) is 54.4 Å².